The highest BCUT2D eigenvalue weighted by Crippen LogP contribution is 2.45. The van der Waals surface area contributed by atoms with Crippen LogP contribution in [0.2, 0.25) is 0 Å². The van der Waals surface area contributed by atoms with Crippen LogP contribution >= 0.6 is 0 Å². The SMILES string of the molecule is CCOC(=O)c1[nH]c2c(C3CC3)nn(Cc3ccccc3)c2c1-c1ccc(F)cc1. The fourth-order valence-electron chi connectivity index (χ4n) is 3.93. The Balaban J connectivity index is 1.75. The number of ether oxygens (including phenoxy) is 1. The Morgan fingerprint density at radius 3 is 2.57 bits per heavy atom. The van der Waals surface area contributed by atoms with Crippen LogP contribution in [0.25, 0.3) is 22.2 Å². The van der Waals surface area contributed by atoms with Gasteiger partial charge in [-0.3, -0.25) is 4.68 Å². The normalized spacial score (nSPS) is 13.7. The number of nitrogens with zero attached hydrogens (tertiary/aromatic N) is 2. The van der Waals surface area contributed by atoms with Crippen LogP contribution in [-0.2, 0) is 11.3 Å². The number of rotatable bonds is 6. The molecular formula is C24H22FN3O2. The number of halogens is 1. The second-order valence-electron chi connectivity index (χ2n) is 7.63. The number of hydrogen-bond donors (Lipinski definition) is 1. The van der Waals surface area contributed by atoms with Crippen LogP contribution in [0.4, 0.5) is 4.39 Å². The van der Waals surface area contributed by atoms with Crippen LogP contribution in [-0.4, -0.2) is 27.3 Å². The Morgan fingerprint density at radius 1 is 1.17 bits per heavy atom. The Labute approximate surface area is 173 Å². The molecule has 0 amide bonds. The van der Waals surface area contributed by atoms with E-state index in [1.807, 2.05) is 22.9 Å². The second kappa shape index (κ2) is 7.44. The molecule has 2 heterocycles. The molecule has 0 saturated heterocycles. The number of esters is 1. The summed E-state index contributed by atoms with van der Waals surface area (Å²) in [6, 6.07) is 16.3. The van der Waals surface area contributed by atoms with Gasteiger partial charge in [-0.05, 0) is 43.0 Å². The minimum absolute atomic E-state index is 0.280. The number of nitrogens with one attached hydrogen (secondary N) is 1. The van der Waals surface area contributed by atoms with Crippen LogP contribution in [0.1, 0.15) is 47.4 Å². The van der Waals surface area contributed by atoms with Crippen LogP contribution in [0.3, 0.4) is 0 Å². The van der Waals surface area contributed by atoms with Gasteiger partial charge in [0.15, 0.2) is 0 Å². The molecule has 0 spiro atoms. The van der Waals surface area contributed by atoms with Crippen molar-refractivity contribution in [3.05, 3.63) is 77.4 Å². The minimum atomic E-state index is -0.416. The Bertz CT molecular complexity index is 1200. The highest BCUT2D eigenvalue weighted by molar-refractivity contribution is 6.07. The molecule has 1 aliphatic rings. The van der Waals surface area contributed by atoms with Crippen molar-refractivity contribution in [2.45, 2.75) is 32.2 Å². The lowest BCUT2D eigenvalue weighted by molar-refractivity contribution is 0.0521. The summed E-state index contributed by atoms with van der Waals surface area (Å²) in [4.78, 5) is 16.1. The second-order valence-corrected chi connectivity index (χ2v) is 7.63. The standard InChI is InChI=1S/C24H22FN3O2/c1-2-30-24(29)21-19(16-10-12-18(25)13-11-16)23-22(26-21)20(17-8-9-17)27-28(23)14-15-6-4-3-5-7-15/h3-7,10-13,17,26H,2,8-9,14H2,1H3. The average molecular weight is 403 g/mol. The van der Waals surface area contributed by atoms with Crippen LogP contribution < -0.4 is 0 Å². The maximum atomic E-state index is 13.6. The molecule has 152 valence electrons. The van der Waals surface area contributed by atoms with E-state index in [9.17, 15) is 9.18 Å². The number of aromatic amines is 1. The van der Waals surface area contributed by atoms with Crippen molar-refractivity contribution < 1.29 is 13.9 Å². The summed E-state index contributed by atoms with van der Waals surface area (Å²) in [5.41, 5.74) is 5.68. The lowest BCUT2D eigenvalue weighted by atomic mass is 10.0. The molecule has 1 fully saturated rings. The molecule has 5 rings (SSSR count). The summed E-state index contributed by atoms with van der Waals surface area (Å²) in [5.74, 6) is -0.333. The molecule has 2 aromatic heterocycles. The predicted molar refractivity (Wildman–Crippen MR) is 113 cm³/mol. The zero-order valence-corrected chi connectivity index (χ0v) is 16.7. The van der Waals surface area contributed by atoms with Crippen molar-refractivity contribution in [1.29, 1.82) is 0 Å². The van der Waals surface area contributed by atoms with Gasteiger partial charge in [0, 0.05) is 11.5 Å². The van der Waals surface area contributed by atoms with Gasteiger partial charge in [0.1, 0.15) is 11.5 Å². The molecule has 30 heavy (non-hydrogen) atoms. The van der Waals surface area contributed by atoms with Gasteiger partial charge in [0.2, 0.25) is 0 Å². The summed E-state index contributed by atoms with van der Waals surface area (Å²) in [6.45, 7) is 2.64. The van der Waals surface area contributed by atoms with Crippen molar-refractivity contribution in [3.8, 4) is 11.1 Å². The lowest BCUT2D eigenvalue weighted by Crippen LogP contribution is -2.08. The van der Waals surface area contributed by atoms with Crippen LogP contribution in [0.5, 0.6) is 0 Å². The summed E-state index contributed by atoms with van der Waals surface area (Å²) in [7, 11) is 0. The predicted octanol–water partition coefficient (Wildman–Crippen LogP) is 5.27. The zero-order chi connectivity index (χ0) is 20.7. The monoisotopic (exact) mass is 403 g/mol. The number of carbonyl (C=O) groups is 1. The smallest absolute Gasteiger partial charge is 0.355 e. The Hall–Kier alpha value is -3.41. The number of fused-ring (bicyclic) bond motifs is 1. The Morgan fingerprint density at radius 2 is 1.90 bits per heavy atom. The van der Waals surface area contributed by atoms with E-state index in [0.717, 1.165) is 40.7 Å². The van der Waals surface area contributed by atoms with E-state index in [4.69, 9.17) is 9.84 Å². The van der Waals surface area contributed by atoms with E-state index in [0.29, 0.717) is 23.7 Å². The molecule has 1 saturated carbocycles. The number of H-pyrrole nitrogens is 1. The summed E-state index contributed by atoms with van der Waals surface area (Å²) in [6.07, 6.45) is 2.19. The van der Waals surface area contributed by atoms with Crippen LogP contribution in [0.15, 0.2) is 54.6 Å². The number of hydrogen-bond acceptors (Lipinski definition) is 3. The van der Waals surface area contributed by atoms with Crippen molar-refractivity contribution in [2.75, 3.05) is 6.61 Å². The highest BCUT2D eigenvalue weighted by Gasteiger charge is 2.33. The maximum Gasteiger partial charge on any atom is 0.355 e. The molecular weight excluding hydrogens is 381 g/mol. The molecule has 2 aromatic carbocycles. The maximum absolute atomic E-state index is 13.6. The third kappa shape index (κ3) is 3.28. The van der Waals surface area contributed by atoms with E-state index < -0.39 is 5.97 Å². The van der Waals surface area contributed by atoms with Crippen molar-refractivity contribution >= 4 is 17.0 Å². The third-order valence-electron chi connectivity index (χ3n) is 5.47. The molecule has 1 N–H and O–H groups in total. The van der Waals surface area contributed by atoms with Crippen molar-refractivity contribution in [3.63, 3.8) is 0 Å². The molecule has 6 heteroatoms. The minimum Gasteiger partial charge on any atom is -0.461 e. The number of carbonyl (C=O) groups excluding carboxylic acids is 1. The first-order valence-corrected chi connectivity index (χ1v) is 10.2. The topological polar surface area (TPSA) is 59.9 Å². The molecule has 0 unspecified atom stereocenters. The molecule has 0 radical (unpaired) electrons. The van der Waals surface area contributed by atoms with E-state index in [1.165, 1.54) is 12.1 Å². The van der Waals surface area contributed by atoms with Gasteiger partial charge in [-0.15, -0.1) is 0 Å². The third-order valence-corrected chi connectivity index (χ3v) is 5.47. The first-order chi connectivity index (χ1) is 14.7. The van der Waals surface area contributed by atoms with Gasteiger partial charge in [0.25, 0.3) is 0 Å². The highest BCUT2D eigenvalue weighted by atomic mass is 19.1. The van der Waals surface area contributed by atoms with Crippen molar-refractivity contribution in [2.24, 2.45) is 0 Å². The molecule has 1 aliphatic carbocycles. The van der Waals surface area contributed by atoms with Crippen molar-refractivity contribution in [1.82, 2.24) is 14.8 Å². The molecule has 0 bridgehead atoms. The van der Waals surface area contributed by atoms with E-state index in [2.05, 4.69) is 17.1 Å². The largest absolute Gasteiger partial charge is 0.461 e. The first kappa shape index (κ1) is 18.6. The number of aromatic nitrogens is 3. The molecule has 0 atom stereocenters. The van der Waals surface area contributed by atoms with Gasteiger partial charge < -0.3 is 9.72 Å². The quantitative estimate of drug-likeness (QED) is 0.446. The van der Waals surface area contributed by atoms with Gasteiger partial charge in [-0.1, -0.05) is 42.5 Å². The zero-order valence-electron chi connectivity index (χ0n) is 16.7. The van der Waals surface area contributed by atoms with E-state index in [1.54, 1.807) is 19.1 Å². The summed E-state index contributed by atoms with van der Waals surface area (Å²) in [5, 5.41) is 4.92. The molecule has 4 aromatic rings. The first-order valence-electron chi connectivity index (χ1n) is 10.2. The number of benzene rings is 2. The lowest BCUT2D eigenvalue weighted by Gasteiger charge is -2.08. The fraction of sp³-hybridized carbons (Fsp3) is 0.250. The Kier molecular flexibility index (Phi) is 4.62. The molecule has 0 aliphatic heterocycles. The van der Waals surface area contributed by atoms with Gasteiger partial charge in [-0.2, -0.15) is 5.10 Å². The van der Waals surface area contributed by atoms with E-state index in [-0.39, 0.29) is 12.4 Å². The van der Waals surface area contributed by atoms with Gasteiger partial charge in [0.05, 0.1) is 29.9 Å². The average Bonchev–Trinajstić information content (AvgIpc) is 3.43. The van der Waals surface area contributed by atoms with E-state index >= 15 is 0 Å². The molecule has 5 nitrogen and oxygen atoms in total. The summed E-state index contributed by atoms with van der Waals surface area (Å²) >= 11 is 0. The summed E-state index contributed by atoms with van der Waals surface area (Å²) < 4.78 is 20.9. The van der Waals surface area contributed by atoms with Gasteiger partial charge >= 0.3 is 5.97 Å². The van der Waals surface area contributed by atoms with Crippen LogP contribution in [0, 0.1) is 5.82 Å². The van der Waals surface area contributed by atoms with Gasteiger partial charge in [-0.25, -0.2) is 9.18 Å². The fourth-order valence-corrected chi connectivity index (χ4v) is 3.93.